The Morgan fingerprint density at radius 3 is 3.00 bits per heavy atom. The highest BCUT2D eigenvalue weighted by Gasteiger charge is 2.40. The van der Waals surface area contributed by atoms with Crippen LogP contribution in [0.2, 0.25) is 5.02 Å². The Bertz CT molecular complexity index is 802. The van der Waals surface area contributed by atoms with Crippen molar-refractivity contribution in [2.45, 2.75) is 37.3 Å². The lowest BCUT2D eigenvalue weighted by molar-refractivity contribution is 0.182. The molecule has 3 atom stereocenters. The summed E-state index contributed by atoms with van der Waals surface area (Å²) in [6.07, 6.45) is 4.68. The molecular weight excluding hydrogens is 362 g/mol. The molecular formula is C20H24ClN5O. The van der Waals surface area contributed by atoms with E-state index in [9.17, 15) is 4.79 Å². The summed E-state index contributed by atoms with van der Waals surface area (Å²) < 4.78 is 0. The number of hydrogen-bond acceptors (Lipinski definition) is 4. The first kappa shape index (κ1) is 18.0. The fourth-order valence-electron chi connectivity index (χ4n) is 3.83. The van der Waals surface area contributed by atoms with Crippen LogP contribution >= 0.6 is 11.6 Å². The Labute approximate surface area is 164 Å². The topological polar surface area (TPSA) is 61.4 Å². The standard InChI is InChI=1S/C20H24ClN5O/c1-25(16-7-4-10-26(13-16)19-8-3-9-22-24-19)20(27)23-18-12-17(18)14-5-2-6-15(21)11-14/h2-3,5-6,8-9,11,16-18H,4,7,10,12-13H2,1H3,(H,23,27)/t16?,17?,18-/m1/s1. The Hall–Kier alpha value is -2.34. The summed E-state index contributed by atoms with van der Waals surface area (Å²) in [5.74, 6) is 1.24. The second-order valence-electron chi connectivity index (χ2n) is 7.39. The van der Waals surface area contributed by atoms with E-state index in [1.165, 1.54) is 5.56 Å². The lowest BCUT2D eigenvalue weighted by atomic mass is 10.0. The van der Waals surface area contributed by atoms with E-state index in [2.05, 4.69) is 26.5 Å². The van der Waals surface area contributed by atoms with E-state index in [1.54, 1.807) is 6.20 Å². The zero-order chi connectivity index (χ0) is 18.8. The molecule has 2 fully saturated rings. The number of hydrogen-bond donors (Lipinski definition) is 1. The first-order valence-corrected chi connectivity index (χ1v) is 9.81. The van der Waals surface area contributed by atoms with E-state index in [4.69, 9.17) is 11.6 Å². The molecule has 2 amide bonds. The van der Waals surface area contributed by atoms with E-state index in [-0.39, 0.29) is 18.1 Å². The molecule has 2 heterocycles. The molecule has 0 radical (unpaired) electrons. The van der Waals surface area contributed by atoms with Gasteiger partial charge in [-0.2, -0.15) is 5.10 Å². The molecule has 27 heavy (non-hydrogen) atoms. The van der Waals surface area contributed by atoms with Crippen LogP contribution in [0.1, 0.15) is 30.7 Å². The molecule has 2 unspecified atom stereocenters. The predicted octanol–water partition coefficient (Wildman–Crippen LogP) is 3.30. The molecule has 142 valence electrons. The number of aromatic nitrogens is 2. The van der Waals surface area contributed by atoms with Crippen LogP contribution in [0.3, 0.4) is 0 Å². The Balaban J connectivity index is 1.33. The molecule has 1 aliphatic heterocycles. The lowest BCUT2D eigenvalue weighted by Gasteiger charge is -2.38. The number of piperidine rings is 1. The molecule has 2 aliphatic rings. The van der Waals surface area contributed by atoms with Crippen LogP contribution < -0.4 is 10.2 Å². The quantitative estimate of drug-likeness (QED) is 0.877. The van der Waals surface area contributed by atoms with E-state index >= 15 is 0 Å². The number of likely N-dealkylation sites (N-methyl/N-ethyl adjacent to an activating group) is 1. The van der Waals surface area contributed by atoms with Crippen molar-refractivity contribution < 1.29 is 4.79 Å². The smallest absolute Gasteiger partial charge is 0.317 e. The average Bonchev–Trinajstić information content (AvgIpc) is 3.47. The van der Waals surface area contributed by atoms with Gasteiger partial charge in [-0.3, -0.25) is 0 Å². The number of urea groups is 1. The second kappa shape index (κ2) is 7.72. The minimum absolute atomic E-state index is 0.00414. The van der Waals surface area contributed by atoms with Crippen LogP contribution in [-0.4, -0.2) is 53.3 Å². The molecule has 1 aliphatic carbocycles. The second-order valence-corrected chi connectivity index (χ2v) is 7.82. The maximum atomic E-state index is 12.7. The highest BCUT2D eigenvalue weighted by molar-refractivity contribution is 6.30. The Morgan fingerprint density at radius 2 is 2.22 bits per heavy atom. The van der Waals surface area contributed by atoms with Crippen molar-refractivity contribution in [3.63, 3.8) is 0 Å². The maximum Gasteiger partial charge on any atom is 0.317 e. The third-order valence-electron chi connectivity index (χ3n) is 5.52. The molecule has 0 spiro atoms. The summed E-state index contributed by atoms with van der Waals surface area (Å²) in [7, 11) is 1.89. The predicted molar refractivity (Wildman–Crippen MR) is 106 cm³/mol. The van der Waals surface area contributed by atoms with Gasteiger partial charge in [-0.05, 0) is 49.1 Å². The summed E-state index contributed by atoms with van der Waals surface area (Å²) >= 11 is 6.08. The van der Waals surface area contributed by atoms with Crippen LogP contribution in [0.15, 0.2) is 42.6 Å². The third kappa shape index (κ3) is 4.16. The number of benzene rings is 1. The van der Waals surface area contributed by atoms with Crippen molar-refractivity contribution in [1.29, 1.82) is 0 Å². The lowest BCUT2D eigenvalue weighted by Crippen LogP contribution is -2.52. The van der Waals surface area contributed by atoms with Gasteiger partial charge in [0.05, 0.1) is 6.04 Å². The van der Waals surface area contributed by atoms with Crippen molar-refractivity contribution in [2.75, 3.05) is 25.0 Å². The summed E-state index contributed by atoms with van der Waals surface area (Å²) in [5.41, 5.74) is 1.20. The Kier molecular flexibility index (Phi) is 5.16. The van der Waals surface area contributed by atoms with Gasteiger partial charge >= 0.3 is 6.03 Å². The van der Waals surface area contributed by atoms with Crippen LogP contribution in [0.25, 0.3) is 0 Å². The number of halogens is 1. The molecule has 1 N–H and O–H groups in total. The molecule has 7 heteroatoms. The molecule has 1 saturated carbocycles. The molecule has 1 saturated heterocycles. The largest absolute Gasteiger partial charge is 0.353 e. The monoisotopic (exact) mass is 385 g/mol. The summed E-state index contributed by atoms with van der Waals surface area (Å²) in [5, 5.41) is 12.1. The van der Waals surface area contributed by atoms with Crippen molar-refractivity contribution in [3.05, 3.63) is 53.2 Å². The van der Waals surface area contributed by atoms with E-state index in [1.807, 2.05) is 42.3 Å². The van der Waals surface area contributed by atoms with Crippen molar-refractivity contribution in [1.82, 2.24) is 20.4 Å². The number of anilines is 1. The molecule has 6 nitrogen and oxygen atoms in total. The zero-order valence-electron chi connectivity index (χ0n) is 15.4. The van der Waals surface area contributed by atoms with Gasteiger partial charge in [0, 0.05) is 43.3 Å². The van der Waals surface area contributed by atoms with Crippen molar-refractivity contribution >= 4 is 23.4 Å². The summed E-state index contributed by atoms with van der Waals surface area (Å²) in [6.45, 7) is 1.73. The minimum Gasteiger partial charge on any atom is -0.353 e. The van der Waals surface area contributed by atoms with E-state index < -0.39 is 0 Å². The zero-order valence-corrected chi connectivity index (χ0v) is 16.1. The molecule has 4 rings (SSSR count). The SMILES string of the molecule is CN(C(=O)N[C@@H]1CC1c1cccc(Cl)c1)C1CCCN(c2cccnn2)C1. The van der Waals surface area contributed by atoms with Crippen molar-refractivity contribution in [2.24, 2.45) is 0 Å². The molecule has 1 aromatic carbocycles. The normalized spacial score (nSPS) is 24.4. The van der Waals surface area contributed by atoms with E-state index in [0.717, 1.165) is 43.2 Å². The van der Waals surface area contributed by atoms with Gasteiger partial charge in [0.25, 0.3) is 0 Å². The van der Waals surface area contributed by atoms with Gasteiger partial charge in [-0.15, -0.1) is 5.10 Å². The number of nitrogens with one attached hydrogen (secondary N) is 1. The van der Waals surface area contributed by atoms with Crippen LogP contribution in [0.5, 0.6) is 0 Å². The number of nitrogens with zero attached hydrogens (tertiary/aromatic N) is 4. The van der Waals surface area contributed by atoms with Gasteiger partial charge in [-0.25, -0.2) is 4.79 Å². The number of rotatable bonds is 4. The third-order valence-corrected chi connectivity index (χ3v) is 5.76. The average molecular weight is 386 g/mol. The van der Waals surface area contributed by atoms with Gasteiger partial charge in [0.1, 0.15) is 0 Å². The fourth-order valence-corrected chi connectivity index (χ4v) is 4.03. The van der Waals surface area contributed by atoms with Crippen molar-refractivity contribution in [3.8, 4) is 0 Å². The maximum absolute atomic E-state index is 12.7. The van der Waals surface area contributed by atoms with Gasteiger partial charge in [0.15, 0.2) is 5.82 Å². The fraction of sp³-hybridized carbons (Fsp3) is 0.450. The number of carbonyl (C=O) groups excluding carboxylic acids is 1. The molecule has 0 bridgehead atoms. The summed E-state index contributed by atoms with van der Waals surface area (Å²) in [6, 6.07) is 12.1. The molecule has 2 aromatic rings. The number of carbonyl (C=O) groups is 1. The minimum atomic E-state index is -0.00414. The highest BCUT2D eigenvalue weighted by atomic mass is 35.5. The van der Waals surface area contributed by atoms with Crippen LogP contribution in [0.4, 0.5) is 10.6 Å². The van der Waals surface area contributed by atoms with Gasteiger partial charge < -0.3 is 15.1 Å². The number of amides is 2. The van der Waals surface area contributed by atoms with Gasteiger partial charge in [-0.1, -0.05) is 23.7 Å². The molecule has 1 aromatic heterocycles. The highest BCUT2D eigenvalue weighted by Crippen LogP contribution is 2.41. The van der Waals surface area contributed by atoms with E-state index in [0.29, 0.717) is 5.92 Å². The Morgan fingerprint density at radius 1 is 1.33 bits per heavy atom. The van der Waals surface area contributed by atoms with Crippen LogP contribution in [-0.2, 0) is 0 Å². The first-order chi connectivity index (χ1) is 13.1. The van der Waals surface area contributed by atoms with Gasteiger partial charge in [0.2, 0.25) is 0 Å². The summed E-state index contributed by atoms with van der Waals surface area (Å²) in [4.78, 5) is 16.8. The first-order valence-electron chi connectivity index (χ1n) is 9.43. The van der Waals surface area contributed by atoms with Crippen LogP contribution in [0, 0.1) is 0 Å².